The first-order valence-corrected chi connectivity index (χ1v) is 7.46. The summed E-state index contributed by atoms with van der Waals surface area (Å²) in [7, 11) is 0. The van der Waals surface area contributed by atoms with E-state index in [1.807, 2.05) is 13.0 Å². The molecular weight excluding hydrogens is 295 g/mol. The Balaban J connectivity index is 2.10. The number of aromatic nitrogens is 1. The summed E-state index contributed by atoms with van der Waals surface area (Å²) in [5, 5.41) is 0.770. The average molecular weight is 311 g/mol. The minimum atomic E-state index is -0.0930. The van der Waals surface area contributed by atoms with Gasteiger partial charge in [-0.3, -0.25) is 4.79 Å². The molecule has 1 unspecified atom stereocenters. The molecule has 20 heavy (non-hydrogen) atoms. The number of pyridine rings is 1. The quantitative estimate of drug-likeness (QED) is 0.587. The van der Waals surface area contributed by atoms with Crippen LogP contribution in [0.25, 0.3) is 0 Å². The smallest absolute Gasteiger partial charge is 0.298 e. The van der Waals surface area contributed by atoms with Crippen LogP contribution in [0.15, 0.2) is 12.3 Å². The first-order chi connectivity index (χ1) is 9.61. The van der Waals surface area contributed by atoms with Crippen LogP contribution in [0, 0.1) is 11.8 Å². The fourth-order valence-electron chi connectivity index (χ4n) is 2.34. The van der Waals surface area contributed by atoms with Gasteiger partial charge in [0.25, 0.3) is 5.91 Å². The summed E-state index contributed by atoms with van der Waals surface area (Å²) >= 11 is 11.8. The third-order valence-corrected chi connectivity index (χ3v) is 4.06. The topological polar surface area (TPSA) is 33.2 Å². The second-order valence-corrected chi connectivity index (χ2v) is 5.55. The Morgan fingerprint density at radius 3 is 3.05 bits per heavy atom. The van der Waals surface area contributed by atoms with Crippen molar-refractivity contribution in [2.45, 2.75) is 32.1 Å². The van der Waals surface area contributed by atoms with E-state index in [0.717, 1.165) is 24.9 Å². The molecule has 0 spiro atoms. The molecule has 106 valence electrons. The monoisotopic (exact) mass is 310 g/mol. The molecule has 0 bridgehead atoms. The highest BCUT2D eigenvalue weighted by molar-refractivity contribution is 6.41. The van der Waals surface area contributed by atoms with E-state index in [2.05, 4.69) is 16.8 Å². The molecule has 3 nitrogen and oxygen atoms in total. The Morgan fingerprint density at radius 2 is 2.35 bits per heavy atom. The number of carbonyl (C=O) groups excluding carboxylic acids is 1. The molecule has 0 aromatic carbocycles. The number of amides is 1. The molecule has 0 radical (unpaired) electrons. The Kier molecular flexibility index (Phi) is 5.28. The van der Waals surface area contributed by atoms with Crippen LogP contribution in [0.2, 0.25) is 10.2 Å². The zero-order valence-electron chi connectivity index (χ0n) is 11.3. The van der Waals surface area contributed by atoms with Gasteiger partial charge in [0.15, 0.2) is 0 Å². The minimum absolute atomic E-state index is 0.0930. The third-order valence-electron chi connectivity index (χ3n) is 3.37. The normalized spacial score (nSPS) is 18.4. The van der Waals surface area contributed by atoms with Crippen molar-refractivity contribution in [2.24, 2.45) is 0 Å². The number of carbonyl (C=O) groups is 1. The molecule has 1 atom stereocenters. The molecule has 1 aliphatic heterocycles. The lowest BCUT2D eigenvalue weighted by Gasteiger charge is -2.31. The largest absolute Gasteiger partial charge is 0.331 e. The maximum Gasteiger partial charge on any atom is 0.298 e. The molecule has 2 heterocycles. The first kappa shape index (κ1) is 15.2. The van der Waals surface area contributed by atoms with E-state index >= 15 is 0 Å². The van der Waals surface area contributed by atoms with Gasteiger partial charge in [-0.2, -0.15) is 0 Å². The third kappa shape index (κ3) is 3.65. The summed E-state index contributed by atoms with van der Waals surface area (Å²) in [6, 6.07) is 1.84. The number of piperidine rings is 1. The van der Waals surface area contributed by atoms with Crippen molar-refractivity contribution in [3.8, 4) is 11.8 Å². The molecule has 1 aromatic heterocycles. The van der Waals surface area contributed by atoms with Crippen LogP contribution in [0.3, 0.4) is 0 Å². The van der Waals surface area contributed by atoms with Crippen molar-refractivity contribution in [3.63, 3.8) is 0 Å². The first-order valence-electron chi connectivity index (χ1n) is 6.70. The van der Waals surface area contributed by atoms with Crippen LogP contribution in [0.4, 0.5) is 0 Å². The van der Waals surface area contributed by atoms with E-state index < -0.39 is 0 Å². The van der Waals surface area contributed by atoms with Crippen molar-refractivity contribution >= 4 is 29.1 Å². The van der Waals surface area contributed by atoms with Crippen molar-refractivity contribution in [2.75, 3.05) is 13.1 Å². The van der Waals surface area contributed by atoms with Crippen molar-refractivity contribution in [1.29, 1.82) is 0 Å². The summed E-state index contributed by atoms with van der Waals surface area (Å²) in [5.41, 5.74) is 1.03. The number of nitrogens with zero attached hydrogens (tertiary/aromatic N) is 2. The van der Waals surface area contributed by atoms with E-state index in [4.69, 9.17) is 23.2 Å². The van der Waals surface area contributed by atoms with Gasteiger partial charge < -0.3 is 4.90 Å². The summed E-state index contributed by atoms with van der Waals surface area (Å²) in [4.78, 5) is 17.8. The van der Waals surface area contributed by atoms with Crippen LogP contribution in [-0.2, 0) is 4.79 Å². The van der Waals surface area contributed by atoms with Crippen molar-refractivity contribution < 1.29 is 4.79 Å². The van der Waals surface area contributed by atoms with Gasteiger partial charge in [-0.15, -0.1) is 0 Å². The van der Waals surface area contributed by atoms with Crippen molar-refractivity contribution in [1.82, 2.24) is 9.88 Å². The second-order valence-electron chi connectivity index (χ2n) is 4.79. The Bertz CT molecular complexity index is 563. The molecule has 1 fully saturated rings. The Hall–Kier alpha value is -1.24. The molecule has 1 amide bonds. The number of likely N-dealkylation sites (tertiary alicyclic amines) is 1. The molecule has 1 aliphatic rings. The lowest BCUT2D eigenvalue weighted by molar-refractivity contribution is -0.126. The maximum absolute atomic E-state index is 11.9. The van der Waals surface area contributed by atoms with Crippen LogP contribution in [-0.4, -0.2) is 28.9 Å². The van der Waals surface area contributed by atoms with Gasteiger partial charge in [0.1, 0.15) is 5.15 Å². The number of hydrogen-bond donors (Lipinski definition) is 0. The molecule has 1 aromatic rings. The SMILES string of the molecule is CCC#CC(=O)N1CCCC(c2cnc(Cl)c(Cl)c2)C1. The highest BCUT2D eigenvalue weighted by Gasteiger charge is 2.24. The van der Waals surface area contributed by atoms with E-state index in [1.54, 1.807) is 11.1 Å². The number of hydrogen-bond acceptors (Lipinski definition) is 2. The minimum Gasteiger partial charge on any atom is -0.331 e. The second kappa shape index (κ2) is 6.97. The zero-order chi connectivity index (χ0) is 14.5. The van der Waals surface area contributed by atoms with E-state index in [0.29, 0.717) is 23.1 Å². The lowest BCUT2D eigenvalue weighted by atomic mass is 9.91. The van der Waals surface area contributed by atoms with Gasteiger partial charge in [-0.25, -0.2) is 4.98 Å². The van der Waals surface area contributed by atoms with E-state index in [-0.39, 0.29) is 11.8 Å². The predicted octanol–water partition coefficient (Wildman–Crippen LogP) is 3.51. The van der Waals surface area contributed by atoms with Crippen molar-refractivity contribution in [3.05, 3.63) is 28.0 Å². The average Bonchev–Trinajstić information content (AvgIpc) is 2.47. The molecule has 0 N–H and O–H groups in total. The lowest BCUT2D eigenvalue weighted by Crippen LogP contribution is -2.38. The number of rotatable bonds is 1. The number of halogens is 2. The van der Waals surface area contributed by atoms with Gasteiger partial charge in [0.05, 0.1) is 5.02 Å². The Morgan fingerprint density at radius 1 is 1.55 bits per heavy atom. The van der Waals surface area contributed by atoms with Gasteiger partial charge in [0, 0.05) is 31.6 Å². The maximum atomic E-state index is 11.9. The molecule has 2 rings (SSSR count). The highest BCUT2D eigenvalue weighted by atomic mass is 35.5. The van der Waals surface area contributed by atoms with Crippen LogP contribution in [0.5, 0.6) is 0 Å². The summed E-state index contributed by atoms with van der Waals surface area (Å²) < 4.78 is 0. The summed E-state index contributed by atoms with van der Waals surface area (Å²) in [6.45, 7) is 3.36. The van der Waals surface area contributed by atoms with E-state index in [9.17, 15) is 4.79 Å². The van der Waals surface area contributed by atoms with Gasteiger partial charge in [0.2, 0.25) is 0 Å². The fraction of sp³-hybridized carbons (Fsp3) is 0.467. The summed E-state index contributed by atoms with van der Waals surface area (Å²) in [5.74, 6) is 5.65. The molecule has 0 aliphatic carbocycles. The van der Waals surface area contributed by atoms with E-state index in [1.165, 1.54) is 0 Å². The van der Waals surface area contributed by atoms with Gasteiger partial charge >= 0.3 is 0 Å². The highest BCUT2D eigenvalue weighted by Crippen LogP contribution is 2.30. The van der Waals surface area contributed by atoms with Crippen LogP contribution >= 0.6 is 23.2 Å². The fourth-order valence-corrected chi connectivity index (χ4v) is 2.61. The van der Waals surface area contributed by atoms with Crippen LogP contribution < -0.4 is 0 Å². The zero-order valence-corrected chi connectivity index (χ0v) is 12.8. The van der Waals surface area contributed by atoms with Gasteiger partial charge in [-0.05, 0) is 30.4 Å². The van der Waals surface area contributed by atoms with Crippen LogP contribution in [0.1, 0.15) is 37.7 Å². The predicted molar refractivity (Wildman–Crippen MR) is 80.9 cm³/mol. The summed E-state index contributed by atoms with van der Waals surface area (Å²) in [6.07, 6.45) is 4.42. The molecular formula is C15H16Cl2N2O. The molecule has 0 saturated carbocycles. The standard InChI is InChI=1S/C15H16Cl2N2O/c1-2-3-6-14(20)19-7-4-5-11(10-19)12-8-13(16)15(17)18-9-12/h8-9,11H,2,4-5,7,10H2,1H3. The van der Waals surface area contributed by atoms with Gasteiger partial charge in [-0.1, -0.05) is 36.0 Å². The molecule has 1 saturated heterocycles. The Labute approximate surface area is 129 Å². The molecule has 5 heteroatoms.